The zero-order valence-electron chi connectivity index (χ0n) is 15.6. The van der Waals surface area contributed by atoms with E-state index in [2.05, 4.69) is 5.32 Å². The van der Waals surface area contributed by atoms with Crippen molar-refractivity contribution < 1.29 is 19.2 Å². The van der Waals surface area contributed by atoms with E-state index in [4.69, 9.17) is 9.47 Å². The number of hydrogen-bond acceptors (Lipinski definition) is 3. The van der Waals surface area contributed by atoms with E-state index in [0.29, 0.717) is 0 Å². The molecule has 0 spiro atoms. The standard InChI is InChI=1S/C19H30N2O3/c1-19(2,3)20-18(22)14-8-10-21(11-9-14)13-15-12-16(23-4)6-7-17(15)24-5/h6-7,12,14H,8-11,13H2,1-5H3,(H,20,22)/p+1. The van der Waals surface area contributed by atoms with Gasteiger partial charge in [-0.3, -0.25) is 4.79 Å². The van der Waals surface area contributed by atoms with E-state index in [1.807, 2.05) is 39.0 Å². The molecule has 5 heteroatoms. The molecule has 0 bridgehead atoms. The minimum absolute atomic E-state index is 0.139. The van der Waals surface area contributed by atoms with Crippen LogP contribution in [0.4, 0.5) is 0 Å². The van der Waals surface area contributed by atoms with E-state index in [1.54, 1.807) is 14.2 Å². The smallest absolute Gasteiger partial charge is 0.223 e. The lowest BCUT2D eigenvalue weighted by atomic mass is 9.94. The average Bonchev–Trinajstić information content (AvgIpc) is 2.53. The molecule has 1 aromatic carbocycles. The van der Waals surface area contributed by atoms with Crippen molar-refractivity contribution in [3.63, 3.8) is 0 Å². The molecule has 1 aromatic rings. The van der Waals surface area contributed by atoms with Crippen LogP contribution in [0.25, 0.3) is 0 Å². The molecular formula is C19H31N2O3+. The first-order valence-electron chi connectivity index (χ1n) is 8.69. The molecule has 2 N–H and O–H groups in total. The number of carbonyl (C=O) groups excluding carboxylic acids is 1. The highest BCUT2D eigenvalue weighted by atomic mass is 16.5. The van der Waals surface area contributed by atoms with E-state index >= 15 is 0 Å². The monoisotopic (exact) mass is 335 g/mol. The number of likely N-dealkylation sites (tertiary alicyclic amines) is 1. The third-order valence-corrected chi connectivity index (χ3v) is 4.49. The van der Waals surface area contributed by atoms with Crippen molar-refractivity contribution in [1.29, 1.82) is 0 Å². The van der Waals surface area contributed by atoms with Crippen LogP contribution in [0.3, 0.4) is 0 Å². The average molecular weight is 335 g/mol. The van der Waals surface area contributed by atoms with Crippen LogP contribution in [0.1, 0.15) is 39.2 Å². The largest absolute Gasteiger partial charge is 0.497 e. The molecule has 24 heavy (non-hydrogen) atoms. The normalized spacial score (nSPS) is 21.2. The molecule has 1 amide bonds. The zero-order valence-corrected chi connectivity index (χ0v) is 15.6. The maximum atomic E-state index is 12.3. The van der Waals surface area contributed by atoms with Crippen molar-refractivity contribution in [2.45, 2.75) is 45.7 Å². The number of piperidine rings is 1. The molecule has 0 aromatic heterocycles. The van der Waals surface area contributed by atoms with E-state index < -0.39 is 0 Å². The fourth-order valence-electron chi connectivity index (χ4n) is 3.23. The maximum Gasteiger partial charge on any atom is 0.223 e. The third-order valence-electron chi connectivity index (χ3n) is 4.49. The van der Waals surface area contributed by atoms with Gasteiger partial charge in [-0.1, -0.05) is 0 Å². The summed E-state index contributed by atoms with van der Waals surface area (Å²) in [5, 5.41) is 3.10. The summed E-state index contributed by atoms with van der Waals surface area (Å²) in [7, 11) is 3.38. The first-order valence-corrected chi connectivity index (χ1v) is 8.69. The number of quaternary nitrogens is 1. The Kier molecular flexibility index (Phi) is 6.10. The second-order valence-electron chi connectivity index (χ2n) is 7.62. The number of rotatable bonds is 5. The molecular weight excluding hydrogens is 304 g/mol. The van der Waals surface area contributed by atoms with Gasteiger partial charge in [-0.05, 0) is 39.0 Å². The predicted octanol–water partition coefficient (Wildman–Crippen LogP) is 1.41. The lowest BCUT2D eigenvalue weighted by Gasteiger charge is -2.31. The highest BCUT2D eigenvalue weighted by Crippen LogP contribution is 2.23. The van der Waals surface area contributed by atoms with Gasteiger partial charge in [0.2, 0.25) is 5.91 Å². The molecule has 134 valence electrons. The minimum Gasteiger partial charge on any atom is -0.497 e. The number of hydrogen-bond donors (Lipinski definition) is 2. The van der Waals surface area contributed by atoms with Crippen LogP contribution >= 0.6 is 0 Å². The van der Waals surface area contributed by atoms with E-state index in [-0.39, 0.29) is 17.4 Å². The molecule has 5 nitrogen and oxygen atoms in total. The fraction of sp³-hybridized carbons (Fsp3) is 0.632. The molecule has 0 atom stereocenters. The third kappa shape index (κ3) is 5.13. The SMILES string of the molecule is COc1ccc(OC)c(C[NH+]2CCC(C(=O)NC(C)(C)C)CC2)c1. The molecule has 0 saturated carbocycles. The minimum atomic E-state index is -0.158. The van der Waals surface area contributed by atoms with Crippen molar-refractivity contribution in [3.8, 4) is 11.5 Å². The zero-order chi connectivity index (χ0) is 17.7. The summed E-state index contributed by atoms with van der Waals surface area (Å²) in [6.45, 7) is 8.99. The Morgan fingerprint density at radius 3 is 2.42 bits per heavy atom. The Morgan fingerprint density at radius 1 is 1.21 bits per heavy atom. The summed E-state index contributed by atoms with van der Waals surface area (Å²) in [6.07, 6.45) is 1.87. The molecule has 1 saturated heterocycles. The highest BCUT2D eigenvalue weighted by Gasteiger charge is 2.29. The van der Waals surface area contributed by atoms with Crippen molar-refractivity contribution in [1.82, 2.24) is 5.32 Å². The number of nitrogens with one attached hydrogen (secondary N) is 2. The first kappa shape index (κ1) is 18.6. The molecule has 1 aliphatic heterocycles. The Morgan fingerprint density at radius 2 is 1.88 bits per heavy atom. The lowest BCUT2D eigenvalue weighted by Crippen LogP contribution is -3.11. The van der Waals surface area contributed by atoms with Gasteiger partial charge in [0.05, 0.1) is 32.9 Å². The first-order chi connectivity index (χ1) is 11.3. The van der Waals surface area contributed by atoms with Crippen molar-refractivity contribution in [2.75, 3.05) is 27.3 Å². The fourth-order valence-corrected chi connectivity index (χ4v) is 3.23. The molecule has 1 aliphatic rings. The number of benzene rings is 1. The maximum absolute atomic E-state index is 12.3. The van der Waals surface area contributed by atoms with Crippen LogP contribution in [0.2, 0.25) is 0 Å². The van der Waals surface area contributed by atoms with Crippen LogP contribution in [0.5, 0.6) is 11.5 Å². The van der Waals surface area contributed by atoms with E-state index in [0.717, 1.165) is 49.5 Å². The Bertz CT molecular complexity index is 558. The van der Waals surface area contributed by atoms with Gasteiger partial charge in [-0.2, -0.15) is 0 Å². The molecule has 1 fully saturated rings. The van der Waals surface area contributed by atoms with Gasteiger partial charge in [-0.25, -0.2) is 0 Å². The van der Waals surface area contributed by atoms with Gasteiger partial charge >= 0.3 is 0 Å². The molecule has 0 unspecified atom stereocenters. The van der Waals surface area contributed by atoms with Gasteiger partial charge < -0.3 is 19.7 Å². The molecule has 1 heterocycles. The Hall–Kier alpha value is -1.75. The number of ether oxygens (including phenoxy) is 2. The topological polar surface area (TPSA) is 52.0 Å². The summed E-state index contributed by atoms with van der Waals surface area (Å²) in [5.41, 5.74) is 0.999. The molecule has 0 aliphatic carbocycles. The summed E-state index contributed by atoms with van der Waals surface area (Å²) in [6, 6.07) is 5.92. The van der Waals surface area contributed by atoms with Crippen LogP contribution in [0, 0.1) is 5.92 Å². The number of carbonyl (C=O) groups is 1. The van der Waals surface area contributed by atoms with Gasteiger partial charge in [0.1, 0.15) is 18.0 Å². The van der Waals surface area contributed by atoms with Gasteiger partial charge in [0.15, 0.2) is 0 Å². The summed E-state index contributed by atoms with van der Waals surface area (Å²) in [5.74, 6) is 2.08. The molecule has 0 radical (unpaired) electrons. The predicted molar refractivity (Wildman–Crippen MR) is 94.6 cm³/mol. The Labute approximate surface area is 145 Å². The highest BCUT2D eigenvalue weighted by molar-refractivity contribution is 5.79. The Balaban J connectivity index is 1.92. The van der Waals surface area contributed by atoms with Gasteiger partial charge in [0.25, 0.3) is 0 Å². The van der Waals surface area contributed by atoms with Crippen molar-refractivity contribution in [2.24, 2.45) is 5.92 Å². The quantitative estimate of drug-likeness (QED) is 0.855. The second kappa shape index (κ2) is 7.88. The summed E-state index contributed by atoms with van der Waals surface area (Å²) >= 11 is 0. The van der Waals surface area contributed by atoms with Crippen LogP contribution in [-0.2, 0) is 11.3 Å². The van der Waals surface area contributed by atoms with Gasteiger partial charge in [-0.15, -0.1) is 0 Å². The van der Waals surface area contributed by atoms with Gasteiger partial charge in [0, 0.05) is 24.3 Å². The second-order valence-corrected chi connectivity index (χ2v) is 7.62. The van der Waals surface area contributed by atoms with Crippen LogP contribution in [0.15, 0.2) is 18.2 Å². The summed E-state index contributed by atoms with van der Waals surface area (Å²) in [4.78, 5) is 13.8. The van der Waals surface area contributed by atoms with Crippen LogP contribution < -0.4 is 19.7 Å². The van der Waals surface area contributed by atoms with Crippen molar-refractivity contribution >= 4 is 5.91 Å². The van der Waals surface area contributed by atoms with Crippen LogP contribution in [-0.4, -0.2) is 38.8 Å². The van der Waals surface area contributed by atoms with Crippen molar-refractivity contribution in [3.05, 3.63) is 23.8 Å². The number of methoxy groups -OCH3 is 2. The van der Waals surface area contributed by atoms with E-state index in [9.17, 15) is 4.79 Å². The lowest BCUT2D eigenvalue weighted by molar-refractivity contribution is -0.919. The van der Waals surface area contributed by atoms with E-state index in [1.165, 1.54) is 4.90 Å². The molecule has 2 rings (SSSR count). The number of amides is 1. The summed E-state index contributed by atoms with van der Waals surface area (Å²) < 4.78 is 10.8.